The number of halogens is 2. The number of aliphatic imine (C=N–C) groups is 1. The molecule has 0 saturated carbocycles. The monoisotopic (exact) mass is 395 g/mol. The Morgan fingerprint density at radius 2 is 2.07 bits per heavy atom. The number of benzene rings is 1. The van der Waals surface area contributed by atoms with E-state index in [1.54, 1.807) is 19.0 Å². The summed E-state index contributed by atoms with van der Waals surface area (Å²) in [6, 6.07) is 3.37. The number of rotatable bonds is 7. The molecular formula is C20H31F2N5O. The number of hydrogen-bond acceptors (Lipinski definition) is 3. The molecule has 6 nitrogen and oxygen atoms in total. The molecule has 2 atom stereocenters. The van der Waals surface area contributed by atoms with Crippen molar-refractivity contribution in [1.82, 2.24) is 15.1 Å². The normalized spacial score (nSPS) is 19.0. The average molecular weight is 395 g/mol. The second-order valence-electron chi connectivity index (χ2n) is 7.43. The summed E-state index contributed by atoms with van der Waals surface area (Å²) in [5.41, 5.74) is 5.37. The molecule has 8 heteroatoms. The summed E-state index contributed by atoms with van der Waals surface area (Å²) in [4.78, 5) is 19.8. The van der Waals surface area contributed by atoms with E-state index in [1.807, 2.05) is 6.92 Å². The Bertz CT molecular complexity index is 675. The van der Waals surface area contributed by atoms with E-state index in [0.717, 1.165) is 19.4 Å². The SMILES string of the molecule is CCNC(=NCC(c1c(F)cccc1F)N(C)C)N1CCCC(CC(N)=O)C1. The Kier molecular flexibility index (Phi) is 8.17. The first-order chi connectivity index (χ1) is 13.3. The van der Waals surface area contributed by atoms with Gasteiger partial charge in [0.15, 0.2) is 5.96 Å². The Morgan fingerprint density at radius 3 is 2.64 bits per heavy atom. The van der Waals surface area contributed by atoms with Gasteiger partial charge in [0.2, 0.25) is 5.91 Å². The number of hydrogen-bond donors (Lipinski definition) is 2. The highest BCUT2D eigenvalue weighted by molar-refractivity contribution is 5.80. The van der Waals surface area contributed by atoms with E-state index in [-0.39, 0.29) is 23.9 Å². The molecule has 1 amide bonds. The van der Waals surface area contributed by atoms with Crippen molar-refractivity contribution in [2.75, 3.05) is 40.3 Å². The van der Waals surface area contributed by atoms with Crippen LogP contribution in [0.25, 0.3) is 0 Å². The van der Waals surface area contributed by atoms with Gasteiger partial charge in [0.05, 0.1) is 12.6 Å². The lowest BCUT2D eigenvalue weighted by molar-refractivity contribution is -0.119. The summed E-state index contributed by atoms with van der Waals surface area (Å²) in [6.45, 7) is 4.37. The molecule has 1 fully saturated rings. The fourth-order valence-electron chi connectivity index (χ4n) is 3.65. The van der Waals surface area contributed by atoms with Gasteiger partial charge in [0, 0.05) is 31.6 Å². The molecule has 0 spiro atoms. The van der Waals surface area contributed by atoms with Crippen LogP contribution in [0.2, 0.25) is 0 Å². The Morgan fingerprint density at radius 1 is 1.39 bits per heavy atom. The first-order valence-corrected chi connectivity index (χ1v) is 9.75. The molecule has 156 valence electrons. The summed E-state index contributed by atoms with van der Waals surface area (Å²) in [7, 11) is 3.56. The van der Waals surface area contributed by atoms with E-state index in [4.69, 9.17) is 5.73 Å². The summed E-state index contributed by atoms with van der Waals surface area (Å²) in [5, 5.41) is 3.25. The molecule has 28 heavy (non-hydrogen) atoms. The minimum Gasteiger partial charge on any atom is -0.370 e. The molecule has 1 saturated heterocycles. The number of primary amides is 1. The zero-order chi connectivity index (χ0) is 20.7. The smallest absolute Gasteiger partial charge is 0.217 e. The maximum atomic E-state index is 14.3. The summed E-state index contributed by atoms with van der Waals surface area (Å²) < 4.78 is 28.6. The van der Waals surface area contributed by atoms with Gasteiger partial charge in [-0.1, -0.05) is 6.07 Å². The van der Waals surface area contributed by atoms with Crippen molar-refractivity contribution in [3.63, 3.8) is 0 Å². The summed E-state index contributed by atoms with van der Waals surface area (Å²) in [5.74, 6) is -0.544. The first-order valence-electron chi connectivity index (χ1n) is 9.75. The fraction of sp³-hybridized carbons (Fsp3) is 0.600. The van der Waals surface area contributed by atoms with Crippen LogP contribution in [0, 0.1) is 17.6 Å². The van der Waals surface area contributed by atoms with Crippen molar-refractivity contribution in [1.29, 1.82) is 0 Å². The van der Waals surface area contributed by atoms with Crippen molar-refractivity contribution >= 4 is 11.9 Å². The predicted molar refractivity (Wildman–Crippen MR) is 107 cm³/mol. The number of likely N-dealkylation sites (N-methyl/N-ethyl adjacent to an activating group) is 1. The lowest BCUT2D eigenvalue weighted by Gasteiger charge is -2.35. The Labute approximate surface area is 165 Å². The molecule has 1 heterocycles. The molecule has 1 aromatic carbocycles. The number of nitrogens with one attached hydrogen (secondary N) is 1. The van der Waals surface area contributed by atoms with Gasteiger partial charge >= 0.3 is 0 Å². The lowest BCUT2D eigenvalue weighted by Crippen LogP contribution is -2.47. The quantitative estimate of drug-likeness (QED) is 0.548. The number of carbonyl (C=O) groups excluding carboxylic acids is 1. The van der Waals surface area contributed by atoms with E-state index in [9.17, 15) is 13.6 Å². The molecule has 0 aliphatic carbocycles. The zero-order valence-corrected chi connectivity index (χ0v) is 16.9. The van der Waals surface area contributed by atoms with Crippen molar-refractivity contribution in [3.05, 3.63) is 35.4 Å². The fourth-order valence-corrected chi connectivity index (χ4v) is 3.65. The number of carbonyl (C=O) groups is 1. The van der Waals surface area contributed by atoms with E-state index in [0.29, 0.717) is 25.5 Å². The highest BCUT2D eigenvalue weighted by atomic mass is 19.1. The molecule has 0 radical (unpaired) electrons. The maximum absolute atomic E-state index is 14.3. The van der Waals surface area contributed by atoms with Crippen LogP contribution in [-0.2, 0) is 4.79 Å². The van der Waals surface area contributed by atoms with Crippen LogP contribution in [-0.4, -0.2) is 61.9 Å². The van der Waals surface area contributed by atoms with Gasteiger partial charge in [-0.3, -0.25) is 9.79 Å². The Balaban J connectivity index is 2.20. The standard InChI is InChI=1S/C20H31F2N5O/c1-4-24-20(27-10-6-7-14(13-27)11-18(23)28)25-12-17(26(2)3)19-15(21)8-5-9-16(19)22/h5,8-9,14,17H,4,6-7,10-13H2,1-3H3,(H2,23,28)(H,24,25). The number of nitrogens with zero attached hydrogens (tertiary/aromatic N) is 3. The molecule has 2 unspecified atom stereocenters. The van der Waals surface area contributed by atoms with E-state index >= 15 is 0 Å². The van der Waals surface area contributed by atoms with E-state index < -0.39 is 17.7 Å². The van der Waals surface area contributed by atoms with Crippen molar-refractivity contribution < 1.29 is 13.6 Å². The van der Waals surface area contributed by atoms with Gasteiger partial charge in [-0.05, 0) is 51.9 Å². The van der Waals surface area contributed by atoms with Crippen LogP contribution in [0.3, 0.4) is 0 Å². The number of guanidine groups is 1. The maximum Gasteiger partial charge on any atom is 0.217 e. The van der Waals surface area contributed by atoms with Gasteiger partial charge in [-0.25, -0.2) is 8.78 Å². The van der Waals surface area contributed by atoms with Crippen molar-refractivity contribution in [2.45, 2.75) is 32.2 Å². The van der Waals surface area contributed by atoms with Gasteiger partial charge < -0.3 is 20.9 Å². The molecule has 2 rings (SSSR count). The largest absolute Gasteiger partial charge is 0.370 e. The average Bonchev–Trinajstić information content (AvgIpc) is 2.62. The van der Waals surface area contributed by atoms with Crippen LogP contribution in [0.5, 0.6) is 0 Å². The van der Waals surface area contributed by atoms with Gasteiger partial charge in [0.1, 0.15) is 11.6 Å². The predicted octanol–water partition coefficient (Wildman–Crippen LogP) is 2.12. The molecule has 3 N–H and O–H groups in total. The minimum absolute atomic E-state index is 0.0253. The highest BCUT2D eigenvalue weighted by Crippen LogP contribution is 2.25. The molecule has 0 aromatic heterocycles. The molecule has 1 aromatic rings. The third kappa shape index (κ3) is 5.89. The van der Waals surface area contributed by atoms with Gasteiger partial charge in [-0.2, -0.15) is 0 Å². The zero-order valence-electron chi connectivity index (χ0n) is 16.9. The van der Waals surface area contributed by atoms with Crippen LogP contribution in [0.15, 0.2) is 23.2 Å². The van der Waals surface area contributed by atoms with Crippen molar-refractivity contribution in [2.24, 2.45) is 16.6 Å². The highest BCUT2D eigenvalue weighted by Gasteiger charge is 2.25. The topological polar surface area (TPSA) is 74.0 Å². The number of piperidine rings is 1. The van der Waals surface area contributed by atoms with E-state index in [2.05, 4.69) is 15.2 Å². The Hall–Kier alpha value is -2.22. The van der Waals surface area contributed by atoms with Gasteiger partial charge in [-0.15, -0.1) is 0 Å². The minimum atomic E-state index is -0.571. The number of nitrogens with two attached hydrogens (primary N) is 1. The second-order valence-corrected chi connectivity index (χ2v) is 7.43. The molecule has 0 bridgehead atoms. The van der Waals surface area contributed by atoms with Crippen molar-refractivity contribution in [3.8, 4) is 0 Å². The lowest BCUT2D eigenvalue weighted by atomic mass is 9.95. The number of amides is 1. The van der Waals surface area contributed by atoms with Crippen LogP contribution in [0.1, 0.15) is 37.8 Å². The van der Waals surface area contributed by atoms with Crippen LogP contribution >= 0.6 is 0 Å². The van der Waals surface area contributed by atoms with Gasteiger partial charge in [0.25, 0.3) is 0 Å². The summed E-state index contributed by atoms with van der Waals surface area (Å²) >= 11 is 0. The van der Waals surface area contributed by atoms with Crippen LogP contribution in [0.4, 0.5) is 8.78 Å². The molecule has 1 aliphatic rings. The third-order valence-electron chi connectivity index (χ3n) is 5.01. The third-order valence-corrected chi connectivity index (χ3v) is 5.01. The first kappa shape index (κ1) is 22.1. The van der Waals surface area contributed by atoms with E-state index in [1.165, 1.54) is 18.2 Å². The van der Waals surface area contributed by atoms with Crippen LogP contribution < -0.4 is 11.1 Å². The number of likely N-dealkylation sites (tertiary alicyclic amines) is 1. The molecular weight excluding hydrogens is 364 g/mol. The molecule has 1 aliphatic heterocycles. The summed E-state index contributed by atoms with van der Waals surface area (Å²) in [6.07, 6.45) is 2.26. The second kappa shape index (κ2) is 10.4.